The molecule has 3 N–H and O–H groups in total. The second-order valence-corrected chi connectivity index (χ2v) is 5.20. The van der Waals surface area contributed by atoms with Crippen molar-refractivity contribution in [2.24, 2.45) is 5.73 Å². The van der Waals surface area contributed by atoms with Crippen LogP contribution < -0.4 is 5.73 Å². The first kappa shape index (κ1) is 28.4. The molecule has 0 aromatic rings. The second-order valence-electron chi connectivity index (χ2n) is 5.20. The summed E-state index contributed by atoms with van der Waals surface area (Å²) in [5.74, 6) is -2.42. The zero-order valence-corrected chi connectivity index (χ0v) is 12.8. The number of esters is 2. The van der Waals surface area contributed by atoms with Crippen LogP contribution in [-0.4, -0.2) is 88.2 Å². The van der Waals surface area contributed by atoms with E-state index in [4.69, 9.17) is 10.8 Å². The van der Waals surface area contributed by atoms with Crippen LogP contribution in [0.4, 0.5) is 0 Å². The van der Waals surface area contributed by atoms with Gasteiger partial charge in [-0.25, -0.2) is 0 Å². The standard InChI is InChI=1S/C15H27NO5.2Na.2H/c1-2-3-4-5-6-7-8-9-13(17)21-14(18)11-10-12(16)15(19)20;;;;/h12H,2-11,16H2,1H3,(H,19,20);;;;/t12-;;;;/m0..../s1. The van der Waals surface area contributed by atoms with E-state index < -0.39 is 23.9 Å². The molecule has 0 aliphatic carbocycles. The average Bonchev–Trinajstić information content (AvgIpc) is 2.43. The van der Waals surface area contributed by atoms with E-state index in [0.29, 0.717) is 6.42 Å². The normalized spacial score (nSPS) is 10.9. The van der Waals surface area contributed by atoms with E-state index in [2.05, 4.69) is 11.7 Å². The Hall–Kier alpha value is 0.570. The predicted octanol–water partition coefficient (Wildman–Crippen LogP) is 1.09. The monoisotopic (exact) mass is 349 g/mol. The van der Waals surface area contributed by atoms with Gasteiger partial charge in [0.2, 0.25) is 0 Å². The van der Waals surface area contributed by atoms with Crippen LogP contribution in [0.2, 0.25) is 0 Å². The van der Waals surface area contributed by atoms with Gasteiger partial charge in [0.25, 0.3) is 0 Å². The summed E-state index contributed by atoms with van der Waals surface area (Å²) in [4.78, 5) is 33.1. The van der Waals surface area contributed by atoms with Gasteiger partial charge in [-0.1, -0.05) is 45.4 Å². The molecule has 0 spiro atoms. The fourth-order valence-corrected chi connectivity index (χ4v) is 1.85. The van der Waals surface area contributed by atoms with Gasteiger partial charge in [0.05, 0.1) is 0 Å². The maximum atomic E-state index is 11.4. The molecule has 126 valence electrons. The van der Waals surface area contributed by atoms with Crippen LogP contribution in [0, 0.1) is 0 Å². The Labute approximate surface area is 182 Å². The van der Waals surface area contributed by atoms with E-state index in [-0.39, 0.29) is 78.4 Å². The molecule has 23 heavy (non-hydrogen) atoms. The minimum absolute atomic E-state index is 0. The summed E-state index contributed by atoms with van der Waals surface area (Å²) >= 11 is 0. The van der Waals surface area contributed by atoms with Gasteiger partial charge in [-0.15, -0.1) is 0 Å². The Morgan fingerprint density at radius 2 is 1.39 bits per heavy atom. The summed E-state index contributed by atoms with van der Waals surface area (Å²) in [6.45, 7) is 2.16. The Bertz CT molecular complexity index is 340. The van der Waals surface area contributed by atoms with Gasteiger partial charge in [0.15, 0.2) is 0 Å². The molecular formula is C15H29NNa2O5. The number of hydrogen-bond donors (Lipinski definition) is 2. The maximum absolute atomic E-state index is 11.4. The molecule has 1 atom stereocenters. The molecule has 6 nitrogen and oxygen atoms in total. The van der Waals surface area contributed by atoms with Gasteiger partial charge in [0.1, 0.15) is 6.04 Å². The molecule has 0 aromatic heterocycles. The quantitative estimate of drug-likeness (QED) is 0.236. The Balaban J connectivity index is -0.00000200. The number of hydrogen-bond acceptors (Lipinski definition) is 5. The first-order valence-electron chi connectivity index (χ1n) is 7.69. The van der Waals surface area contributed by atoms with Crippen molar-refractivity contribution in [1.29, 1.82) is 0 Å². The van der Waals surface area contributed by atoms with Crippen molar-refractivity contribution in [2.45, 2.75) is 77.2 Å². The van der Waals surface area contributed by atoms with Crippen molar-refractivity contribution in [3.8, 4) is 0 Å². The van der Waals surface area contributed by atoms with Crippen molar-refractivity contribution in [1.82, 2.24) is 0 Å². The Kier molecular flexibility index (Phi) is 23.3. The Morgan fingerprint density at radius 3 is 1.91 bits per heavy atom. The van der Waals surface area contributed by atoms with Gasteiger partial charge in [-0.05, 0) is 12.8 Å². The van der Waals surface area contributed by atoms with E-state index in [0.717, 1.165) is 12.8 Å². The summed E-state index contributed by atoms with van der Waals surface area (Å²) in [7, 11) is 0. The molecule has 0 aliphatic rings. The molecule has 0 amide bonds. The van der Waals surface area contributed by atoms with Crippen LogP contribution in [0.25, 0.3) is 0 Å². The minimum atomic E-state index is -1.17. The second kappa shape index (κ2) is 18.9. The molecule has 0 saturated heterocycles. The SMILES string of the molecule is CCCCCCCCCC(=O)OC(=O)CC[C@H](N)C(=O)O.[NaH].[NaH]. The van der Waals surface area contributed by atoms with E-state index in [1.54, 1.807) is 0 Å². The zero-order valence-electron chi connectivity index (χ0n) is 12.8. The fourth-order valence-electron chi connectivity index (χ4n) is 1.85. The van der Waals surface area contributed by atoms with Crippen LogP contribution in [-0.2, 0) is 19.1 Å². The summed E-state index contributed by atoms with van der Waals surface area (Å²) in [6, 6.07) is -1.10. The molecule has 0 rings (SSSR count). The van der Waals surface area contributed by atoms with Gasteiger partial charge in [0, 0.05) is 12.8 Å². The van der Waals surface area contributed by atoms with E-state index in [1.807, 2.05) is 0 Å². The number of carboxylic acids is 1. The first-order valence-corrected chi connectivity index (χ1v) is 7.69. The molecule has 0 unspecified atom stereocenters. The third-order valence-corrected chi connectivity index (χ3v) is 3.19. The summed E-state index contributed by atoms with van der Waals surface area (Å²) in [5, 5.41) is 8.55. The van der Waals surface area contributed by atoms with Crippen LogP contribution in [0.3, 0.4) is 0 Å². The molecule has 0 bridgehead atoms. The molecule has 0 aromatic carbocycles. The van der Waals surface area contributed by atoms with E-state index >= 15 is 0 Å². The van der Waals surface area contributed by atoms with Crippen molar-refractivity contribution in [3.63, 3.8) is 0 Å². The number of carboxylic acid groups (broad SMARTS) is 1. The van der Waals surface area contributed by atoms with Crippen LogP contribution in [0.15, 0.2) is 0 Å². The van der Waals surface area contributed by atoms with Crippen LogP contribution in [0.1, 0.15) is 71.1 Å². The van der Waals surface area contributed by atoms with Gasteiger partial charge >= 0.3 is 77.0 Å². The Morgan fingerprint density at radius 1 is 0.913 bits per heavy atom. The molecule has 0 radical (unpaired) electrons. The summed E-state index contributed by atoms with van der Waals surface area (Å²) in [5.41, 5.74) is 5.25. The van der Waals surface area contributed by atoms with Gasteiger partial charge < -0.3 is 15.6 Å². The number of ether oxygens (including phenoxy) is 1. The third-order valence-electron chi connectivity index (χ3n) is 3.19. The third kappa shape index (κ3) is 18.7. The number of nitrogens with two attached hydrogens (primary N) is 1. The predicted molar refractivity (Wildman–Crippen MR) is 92.9 cm³/mol. The summed E-state index contributed by atoms with van der Waals surface area (Å²) in [6.07, 6.45) is 7.66. The number of aliphatic carboxylic acids is 1. The average molecular weight is 349 g/mol. The van der Waals surface area contributed by atoms with E-state index in [9.17, 15) is 14.4 Å². The number of unbranched alkanes of at least 4 members (excludes halogenated alkanes) is 6. The topological polar surface area (TPSA) is 107 Å². The van der Waals surface area contributed by atoms with Gasteiger partial charge in [-0.2, -0.15) is 0 Å². The zero-order chi connectivity index (χ0) is 16.1. The number of carbonyl (C=O) groups excluding carboxylic acids is 2. The number of carbonyl (C=O) groups is 3. The van der Waals surface area contributed by atoms with Crippen molar-refractivity contribution in [2.75, 3.05) is 0 Å². The van der Waals surface area contributed by atoms with Crippen LogP contribution in [0.5, 0.6) is 0 Å². The molecule has 0 saturated carbocycles. The van der Waals surface area contributed by atoms with Crippen molar-refractivity contribution >= 4 is 77.0 Å². The molecule has 8 heteroatoms. The molecule has 0 aliphatic heterocycles. The molecule has 0 heterocycles. The van der Waals surface area contributed by atoms with Crippen molar-refractivity contribution < 1.29 is 24.2 Å². The molecular weight excluding hydrogens is 320 g/mol. The first-order chi connectivity index (χ1) is 9.97. The van der Waals surface area contributed by atoms with Crippen molar-refractivity contribution in [3.05, 3.63) is 0 Å². The van der Waals surface area contributed by atoms with E-state index in [1.165, 1.54) is 25.7 Å². The summed E-state index contributed by atoms with van der Waals surface area (Å²) < 4.78 is 4.60. The number of rotatable bonds is 12. The van der Waals surface area contributed by atoms with Crippen LogP contribution >= 0.6 is 0 Å². The van der Waals surface area contributed by atoms with Gasteiger partial charge in [-0.3, -0.25) is 14.4 Å². The fraction of sp³-hybridized carbons (Fsp3) is 0.800. The molecule has 0 fully saturated rings.